The van der Waals surface area contributed by atoms with E-state index in [1.807, 2.05) is 38.1 Å². The highest BCUT2D eigenvalue weighted by Crippen LogP contribution is 2.25. The number of carbonyl (C=O) groups excluding carboxylic acids is 1. The molecular weight excluding hydrogens is 468 g/mol. The molecule has 0 heterocycles. The Morgan fingerprint density at radius 3 is 2.20 bits per heavy atom. The molecule has 0 spiro atoms. The molecular formula is C26H30N2O6S. The van der Waals surface area contributed by atoms with E-state index >= 15 is 0 Å². The first-order valence-corrected chi connectivity index (χ1v) is 12.6. The molecule has 9 heteroatoms. The van der Waals surface area contributed by atoms with Crippen LogP contribution in [0.1, 0.15) is 31.0 Å². The Morgan fingerprint density at radius 1 is 0.943 bits per heavy atom. The van der Waals surface area contributed by atoms with Crippen LogP contribution in [0.25, 0.3) is 0 Å². The van der Waals surface area contributed by atoms with Gasteiger partial charge in [-0.1, -0.05) is 12.1 Å². The van der Waals surface area contributed by atoms with Crippen molar-refractivity contribution in [1.82, 2.24) is 5.32 Å². The van der Waals surface area contributed by atoms with Gasteiger partial charge in [-0.2, -0.15) is 0 Å². The highest BCUT2D eigenvalue weighted by Gasteiger charge is 2.17. The zero-order valence-corrected chi connectivity index (χ0v) is 21.0. The van der Waals surface area contributed by atoms with Gasteiger partial charge in [-0.25, -0.2) is 8.42 Å². The van der Waals surface area contributed by atoms with E-state index in [1.54, 1.807) is 44.4 Å². The molecule has 0 radical (unpaired) electrons. The molecule has 2 N–H and O–H groups in total. The first kappa shape index (κ1) is 25.9. The summed E-state index contributed by atoms with van der Waals surface area (Å²) in [6.07, 6.45) is 0. The van der Waals surface area contributed by atoms with Crippen molar-refractivity contribution in [3.05, 3.63) is 77.9 Å². The van der Waals surface area contributed by atoms with Crippen LogP contribution in [0.4, 0.5) is 5.69 Å². The molecule has 1 atom stereocenters. The van der Waals surface area contributed by atoms with Gasteiger partial charge in [-0.3, -0.25) is 9.52 Å². The lowest BCUT2D eigenvalue weighted by atomic mass is 10.1. The number of carbonyl (C=O) groups is 1. The molecule has 0 aromatic heterocycles. The Bertz CT molecular complexity index is 1240. The number of ether oxygens (including phenoxy) is 3. The van der Waals surface area contributed by atoms with Crippen molar-refractivity contribution < 1.29 is 27.4 Å². The number of rotatable bonds is 11. The van der Waals surface area contributed by atoms with Gasteiger partial charge in [-0.15, -0.1) is 0 Å². The van der Waals surface area contributed by atoms with E-state index in [4.69, 9.17) is 14.2 Å². The summed E-state index contributed by atoms with van der Waals surface area (Å²) in [6, 6.07) is 18.4. The second-order valence-corrected chi connectivity index (χ2v) is 9.52. The first-order valence-electron chi connectivity index (χ1n) is 11.1. The highest BCUT2D eigenvalue weighted by atomic mass is 32.2. The molecule has 0 aliphatic heterocycles. The highest BCUT2D eigenvalue weighted by molar-refractivity contribution is 7.92. The number of benzene rings is 3. The van der Waals surface area contributed by atoms with Gasteiger partial charge in [0.2, 0.25) is 0 Å². The van der Waals surface area contributed by atoms with E-state index in [9.17, 15) is 13.2 Å². The predicted molar refractivity (Wildman–Crippen MR) is 135 cm³/mol. The van der Waals surface area contributed by atoms with Gasteiger partial charge < -0.3 is 19.5 Å². The second-order valence-electron chi connectivity index (χ2n) is 7.84. The number of hydrogen-bond acceptors (Lipinski definition) is 6. The largest absolute Gasteiger partial charge is 0.497 e. The minimum absolute atomic E-state index is 0.0915. The van der Waals surface area contributed by atoms with E-state index in [-0.39, 0.29) is 23.5 Å². The average molecular weight is 499 g/mol. The fraction of sp³-hybridized carbons (Fsp3) is 0.269. The van der Waals surface area contributed by atoms with Crippen LogP contribution >= 0.6 is 0 Å². The third-order valence-corrected chi connectivity index (χ3v) is 6.61. The normalized spacial score (nSPS) is 11.9. The summed E-state index contributed by atoms with van der Waals surface area (Å²) in [6.45, 7) is 5.81. The number of nitrogens with one attached hydrogen (secondary N) is 2. The summed E-state index contributed by atoms with van der Waals surface area (Å²) in [7, 11) is -2.20. The van der Waals surface area contributed by atoms with Gasteiger partial charge in [0.15, 0.2) is 6.61 Å². The monoisotopic (exact) mass is 498 g/mol. The van der Waals surface area contributed by atoms with Crippen molar-refractivity contribution in [3.8, 4) is 17.2 Å². The van der Waals surface area contributed by atoms with Gasteiger partial charge >= 0.3 is 0 Å². The molecule has 186 valence electrons. The number of aryl methyl sites for hydroxylation is 1. The van der Waals surface area contributed by atoms with Crippen LogP contribution in [0, 0.1) is 6.92 Å². The van der Waals surface area contributed by atoms with Crippen molar-refractivity contribution in [1.29, 1.82) is 0 Å². The molecule has 3 rings (SSSR count). The Kier molecular flexibility index (Phi) is 8.59. The maximum atomic E-state index is 12.8. The van der Waals surface area contributed by atoms with E-state index in [2.05, 4.69) is 10.0 Å². The average Bonchev–Trinajstić information content (AvgIpc) is 2.84. The van der Waals surface area contributed by atoms with E-state index < -0.39 is 10.0 Å². The third-order valence-electron chi connectivity index (χ3n) is 5.23. The lowest BCUT2D eigenvalue weighted by Crippen LogP contribution is -2.31. The fourth-order valence-corrected chi connectivity index (χ4v) is 4.50. The predicted octanol–water partition coefficient (Wildman–Crippen LogP) is 4.46. The van der Waals surface area contributed by atoms with Crippen molar-refractivity contribution in [2.24, 2.45) is 0 Å². The SMILES string of the molecule is CCOc1ccc(NS(=O)(=O)c2ccc(OCC(=O)NC(C)c3ccc(OC)cc3)c(C)c2)cc1. The van der Waals surface area contributed by atoms with Crippen LogP contribution in [-0.4, -0.2) is 34.6 Å². The molecule has 1 unspecified atom stereocenters. The van der Waals surface area contributed by atoms with Gasteiger partial charge in [0, 0.05) is 5.69 Å². The lowest BCUT2D eigenvalue weighted by molar-refractivity contribution is -0.123. The fourth-order valence-electron chi connectivity index (χ4n) is 3.35. The third kappa shape index (κ3) is 7.13. The minimum Gasteiger partial charge on any atom is -0.497 e. The van der Waals surface area contributed by atoms with E-state index in [0.29, 0.717) is 29.4 Å². The van der Waals surface area contributed by atoms with Crippen LogP contribution < -0.4 is 24.2 Å². The maximum Gasteiger partial charge on any atom is 0.261 e. The summed E-state index contributed by atoms with van der Waals surface area (Å²) in [4.78, 5) is 12.4. The minimum atomic E-state index is -3.80. The van der Waals surface area contributed by atoms with Crippen LogP contribution in [0.5, 0.6) is 17.2 Å². The summed E-state index contributed by atoms with van der Waals surface area (Å²) < 4.78 is 44.3. The number of methoxy groups -OCH3 is 1. The van der Waals surface area contributed by atoms with Crippen molar-refractivity contribution in [3.63, 3.8) is 0 Å². The number of amides is 1. The lowest BCUT2D eigenvalue weighted by Gasteiger charge is -2.16. The number of anilines is 1. The van der Waals surface area contributed by atoms with Gasteiger partial charge in [0.1, 0.15) is 17.2 Å². The zero-order chi connectivity index (χ0) is 25.4. The second kappa shape index (κ2) is 11.6. The molecule has 3 aromatic carbocycles. The van der Waals surface area contributed by atoms with E-state index in [1.165, 1.54) is 12.1 Å². The standard InChI is InChI=1S/C26H30N2O6S/c1-5-33-23-12-8-21(9-13-23)28-35(30,31)24-14-15-25(18(2)16-24)34-17-26(29)27-19(3)20-6-10-22(32-4)11-7-20/h6-16,19,28H,5,17H2,1-4H3,(H,27,29). The smallest absolute Gasteiger partial charge is 0.261 e. The molecule has 8 nitrogen and oxygen atoms in total. The molecule has 0 bridgehead atoms. The van der Waals surface area contributed by atoms with Crippen LogP contribution in [0.15, 0.2) is 71.6 Å². The molecule has 0 fully saturated rings. The quantitative estimate of drug-likeness (QED) is 0.405. The molecule has 0 aliphatic carbocycles. The van der Waals surface area contributed by atoms with Crippen molar-refractivity contribution >= 4 is 21.6 Å². The molecule has 1 amide bonds. The van der Waals surface area contributed by atoms with E-state index in [0.717, 1.165) is 11.3 Å². The Morgan fingerprint density at radius 2 is 1.60 bits per heavy atom. The van der Waals surface area contributed by atoms with Crippen molar-refractivity contribution in [2.75, 3.05) is 25.0 Å². The summed E-state index contributed by atoms with van der Waals surface area (Å²) in [5.41, 5.74) is 1.95. The summed E-state index contributed by atoms with van der Waals surface area (Å²) in [5.74, 6) is 1.54. The van der Waals surface area contributed by atoms with Gasteiger partial charge in [0.05, 0.1) is 24.7 Å². The molecule has 0 aliphatic rings. The van der Waals surface area contributed by atoms with Gasteiger partial charge in [0.25, 0.3) is 15.9 Å². The van der Waals surface area contributed by atoms with Crippen LogP contribution in [0.3, 0.4) is 0 Å². The molecule has 35 heavy (non-hydrogen) atoms. The first-order chi connectivity index (χ1) is 16.7. The molecule has 0 saturated heterocycles. The van der Waals surface area contributed by atoms with Crippen molar-refractivity contribution in [2.45, 2.75) is 31.7 Å². The number of hydrogen-bond donors (Lipinski definition) is 2. The number of sulfonamides is 1. The summed E-state index contributed by atoms with van der Waals surface area (Å²) >= 11 is 0. The zero-order valence-electron chi connectivity index (χ0n) is 20.2. The van der Waals surface area contributed by atoms with Crippen LogP contribution in [0.2, 0.25) is 0 Å². The van der Waals surface area contributed by atoms with Crippen LogP contribution in [-0.2, 0) is 14.8 Å². The Balaban J connectivity index is 1.58. The summed E-state index contributed by atoms with van der Waals surface area (Å²) in [5, 5.41) is 2.88. The Labute approximate surface area is 206 Å². The Hall–Kier alpha value is -3.72. The molecule has 0 saturated carbocycles. The maximum absolute atomic E-state index is 12.8. The topological polar surface area (TPSA) is 103 Å². The molecule has 3 aromatic rings. The van der Waals surface area contributed by atoms with Gasteiger partial charge in [-0.05, 0) is 86.5 Å².